The number of hydrogen-bond donors (Lipinski definition) is 2. The monoisotopic (exact) mass is 390 g/mol. The van der Waals surface area contributed by atoms with Crippen molar-refractivity contribution in [3.63, 3.8) is 0 Å². The summed E-state index contributed by atoms with van der Waals surface area (Å²) in [5.41, 5.74) is 0.681. The van der Waals surface area contributed by atoms with Gasteiger partial charge < -0.3 is 14.8 Å². The lowest BCUT2D eigenvalue weighted by Crippen LogP contribution is -2.37. The number of nitrogens with one attached hydrogen (secondary N) is 2. The molecule has 0 aliphatic heterocycles. The number of amides is 1. The number of para-hydroxylation sites is 2. The Morgan fingerprint density at radius 2 is 1.86 bits per heavy atom. The van der Waals surface area contributed by atoms with Crippen molar-refractivity contribution in [2.24, 2.45) is 5.92 Å². The Morgan fingerprint density at radius 1 is 1.07 bits per heavy atom. The maximum atomic E-state index is 12.5. The Labute approximate surface area is 170 Å². The minimum Gasteiger partial charge on any atom is -0.491 e. The van der Waals surface area contributed by atoms with Crippen LogP contribution in [0.4, 0.5) is 10.5 Å². The van der Waals surface area contributed by atoms with Crippen LogP contribution in [0.15, 0.2) is 24.3 Å². The first-order valence-electron chi connectivity index (χ1n) is 11.1. The number of ether oxygens (including phenoxy) is 2. The van der Waals surface area contributed by atoms with Crippen LogP contribution in [-0.4, -0.2) is 31.9 Å². The predicted octanol–water partition coefficient (Wildman–Crippen LogP) is 5.75. The van der Waals surface area contributed by atoms with Crippen LogP contribution < -0.4 is 15.4 Å². The molecule has 1 aliphatic rings. The largest absolute Gasteiger partial charge is 0.491 e. The number of rotatable bonds is 12. The zero-order valence-corrected chi connectivity index (χ0v) is 17.7. The molecule has 0 spiro atoms. The van der Waals surface area contributed by atoms with Crippen molar-refractivity contribution in [1.29, 1.82) is 0 Å². The summed E-state index contributed by atoms with van der Waals surface area (Å²) in [5, 5.41) is 6.28. The van der Waals surface area contributed by atoms with E-state index in [1.165, 1.54) is 32.1 Å². The van der Waals surface area contributed by atoms with Crippen LogP contribution in [0.25, 0.3) is 0 Å². The lowest BCUT2D eigenvalue weighted by atomic mass is 9.86. The van der Waals surface area contributed by atoms with Gasteiger partial charge in [-0.05, 0) is 44.4 Å². The number of carbonyl (C=O) groups excluding carboxylic acids is 1. The third-order valence-electron chi connectivity index (χ3n) is 5.38. The fourth-order valence-corrected chi connectivity index (χ4v) is 3.75. The number of benzene rings is 1. The molecule has 1 saturated carbocycles. The zero-order valence-electron chi connectivity index (χ0n) is 17.7. The quantitative estimate of drug-likeness (QED) is 0.446. The van der Waals surface area contributed by atoms with E-state index in [9.17, 15) is 4.79 Å². The molecule has 0 unspecified atom stereocenters. The van der Waals surface area contributed by atoms with Crippen LogP contribution in [0, 0.1) is 5.92 Å². The Balaban J connectivity index is 1.82. The molecule has 1 aromatic rings. The average molecular weight is 391 g/mol. The third-order valence-corrected chi connectivity index (χ3v) is 5.38. The molecular formula is C23H38N2O3. The summed E-state index contributed by atoms with van der Waals surface area (Å²) >= 11 is 0. The van der Waals surface area contributed by atoms with Crippen molar-refractivity contribution in [2.75, 3.05) is 25.0 Å². The van der Waals surface area contributed by atoms with E-state index in [4.69, 9.17) is 9.47 Å². The molecule has 2 atom stereocenters. The number of hydrogen-bond acceptors (Lipinski definition) is 4. The molecule has 1 fully saturated rings. The third kappa shape index (κ3) is 8.09. The van der Waals surface area contributed by atoms with Gasteiger partial charge in [-0.2, -0.15) is 0 Å². The molecule has 0 heterocycles. The maximum Gasteiger partial charge on any atom is 0.412 e. The van der Waals surface area contributed by atoms with Gasteiger partial charge in [-0.1, -0.05) is 58.1 Å². The molecule has 5 nitrogen and oxygen atoms in total. The highest BCUT2D eigenvalue weighted by atomic mass is 16.6. The fourth-order valence-electron chi connectivity index (χ4n) is 3.75. The summed E-state index contributed by atoms with van der Waals surface area (Å²) in [6, 6.07) is 7.59. The van der Waals surface area contributed by atoms with Crippen LogP contribution in [0.2, 0.25) is 0 Å². The Kier molecular flexibility index (Phi) is 10.8. The van der Waals surface area contributed by atoms with E-state index < -0.39 is 0 Å². The van der Waals surface area contributed by atoms with Gasteiger partial charge in [0, 0.05) is 12.5 Å². The molecular weight excluding hydrogens is 352 g/mol. The van der Waals surface area contributed by atoms with E-state index in [0.717, 1.165) is 38.8 Å². The van der Waals surface area contributed by atoms with Crippen molar-refractivity contribution in [1.82, 2.24) is 5.32 Å². The Hall–Kier alpha value is -1.75. The predicted molar refractivity (Wildman–Crippen MR) is 115 cm³/mol. The standard InChI is InChI=1S/C23H38N2O3/c1-3-5-6-7-12-17-27-22-16-11-9-14-20(22)25-23(26)28-21-15-10-8-13-19(21)18-24-4-2/h9,11,14,16,19,21,24H,3-8,10,12-13,15,17-18H2,1-2H3,(H,25,26)/t19-,21+/m1/s1. The van der Waals surface area contributed by atoms with Gasteiger partial charge in [0.15, 0.2) is 0 Å². The molecule has 1 aromatic carbocycles. The number of anilines is 1. The Bertz CT molecular complexity index is 565. The molecule has 2 rings (SSSR count). The Morgan fingerprint density at radius 3 is 2.68 bits per heavy atom. The molecule has 1 amide bonds. The van der Waals surface area contributed by atoms with Gasteiger partial charge in [-0.15, -0.1) is 0 Å². The summed E-state index contributed by atoms with van der Waals surface area (Å²) in [4.78, 5) is 12.5. The molecule has 1 aliphatic carbocycles. The maximum absolute atomic E-state index is 12.5. The second-order valence-corrected chi connectivity index (χ2v) is 7.68. The van der Waals surface area contributed by atoms with E-state index in [2.05, 4.69) is 24.5 Å². The van der Waals surface area contributed by atoms with E-state index in [1.807, 2.05) is 24.3 Å². The minimum atomic E-state index is -0.382. The lowest BCUT2D eigenvalue weighted by Gasteiger charge is -2.31. The minimum absolute atomic E-state index is 0.0144. The fraction of sp³-hybridized carbons (Fsp3) is 0.696. The highest BCUT2D eigenvalue weighted by molar-refractivity contribution is 5.86. The first-order valence-corrected chi connectivity index (χ1v) is 11.1. The van der Waals surface area contributed by atoms with Crippen molar-refractivity contribution < 1.29 is 14.3 Å². The topological polar surface area (TPSA) is 59.6 Å². The van der Waals surface area contributed by atoms with Crippen LogP contribution in [-0.2, 0) is 4.74 Å². The summed E-state index contributed by atoms with van der Waals surface area (Å²) in [5.74, 6) is 1.11. The van der Waals surface area contributed by atoms with Gasteiger partial charge in [-0.25, -0.2) is 4.79 Å². The summed E-state index contributed by atoms with van der Waals surface area (Å²) in [6.07, 6.45) is 9.99. The van der Waals surface area contributed by atoms with Crippen LogP contribution in [0.3, 0.4) is 0 Å². The molecule has 0 bridgehead atoms. The molecule has 0 aromatic heterocycles. The second-order valence-electron chi connectivity index (χ2n) is 7.68. The van der Waals surface area contributed by atoms with Crippen molar-refractivity contribution in [2.45, 2.75) is 77.7 Å². The molecule has 5 heteroatoms. The van der Waals surface area contributed by atoms with Gasteiger partial charge in [0.25, 0.3) is 0 Å². The summed E-state index contributed by atoms with van der Waals surface area (Å²) < 4.78 is 11.7. The SMILES string of the molecule is CCCCCCCOc1ccccc1NC(=O)O[C@H]1CCCC[C@@H]1CNCC. The van der Waals surface area contributed by atoms with E-state index in [-0.39, 0.29) is 12.2 Å². The smallest absolute Gasteiger partial charge is 0.412 e. The average Bonchev–Trinajstić information content (AvgIpc) is 2.71. The lowest BCUT2D eigenvalue weighted by molar-refractivity contribution is 0.0459. The molecule has 0 radical (unpaired) electrons. The first kappa shape index (κ1) is 22.5. The van der Waals surface area contributed by atoms with Gasteiger partial charge in [-0.3, -0.25) is 5.32 Å². The van der Waals surface area contributed by atoms with Gasteiger partial charge in [0.1, 0.15) is 11.9 Å². The van der Waals surface area contributed by atoms with E-state index in [0.29, 0.717) is 24.0 Å². The first-order chi connectivity index (χ1) is 13.7. The summed E-state index contributed by atoms with van der Waals surface area (Å²) in [7, 11) is 0. The van der Waals surface area contributed by atoms with Gasteiger partial charge in [0.2, 0.25) is 0 Å². The number of unbranched alkanes of at least 4 members (excludes halogenated alkanes) is 4. The van der Waals surface area contributed by atoms with E-state index >= 15 is 0 Å². The molecule has 0 saturated heterocycles. The molecule has 158 valence electrons. The molecule has 2 N–H and O–H groups in total. The van der Waals surface area contributed by atoms with Crippen molar-refractivity contribution in [3.05, 3.63) is 24.3 Å². The van der Waals surface area contributed by atoms with Crippen molar-refractivity contribution >= 4 is 11.8 Å². The van der Waals surface area contributed by atoms with Crippen molar-refractivity contribution in [3.8, 4) is 5.75 Å². The second kappa shape index (κ2) is 13.4. The zero-order chi connectivity index (χ0) is 20.0. The molecule has 28 heavy (non-hydrogen) atoms. The van der Waals surface area contributed by atoms with E-state index in [1.54, 1.807) is 0 Å². The summed E-state index contributed by atoms with van der Waals surface area (Å²) in [6.45, 7) is 6.84. The normalized spacial score (nSPS) is 19.2. The number of carbonyl (C=O) groups is 1. The van der Waals surface area contributed by atoms with Crippen LogP contribution in [0.5, 0.6) is 5.75 Å². The van der Waals surface area contributed by atoms with Crippen LogP contribution >= 0.6 is 0 Å². The van der Waals surface area contributed by atoms with Crippen LogP contribution in [0.1, 0.15) is 71.6 Å². The highest BCUT2D eigenvalue weighted by Gasteiger charge is 2.28. The highest BCUT2D eigenvalue weighted by Crippen LogP contribution is 2.28. The van der Waals surface area contributed by atoms with Gasteiger partial charge in [0.05, 0.1) is 12.3 Å². The van der Waals surface area contributed by atoms with Gasteiger partial charge >= 0.3 is 6.09 Å².